The standard InChI is InChI=1S/C20H25N3O2S/c1-22(14-18-10-6-12-26-18)19(24)15-23-11-5-7-16(13-23)20(25)21-17-8-3-2-4-9-17/h2-4,6,8-10,12,16H,5,7,11,13-15H2,1H3,(H,21,25). The van der Waals surface area contributed by atoms with E-state index in [0.29, 0.717) is 19.6 Å². The van der Waals surface area contributed by atoms with Gasteiger partial charge in [0, 0.05) is 24.2 Å². The summed E-state index contributed by atoms with van der Waals surface area (Å²) in [5, 5.41) is 5.00. The van der Waals surface area contributed by atoms with E-state index in [4.69, 9.17) is 0 Å². The van der Waals surface area contributed by atoms with Crippen LogP contribution in [0.2, 0.25) is 0 Å². The number of hydrogen-bond donors (Lipinski definition) is 1. The number of para-hydroxylation sites is 1. The maximum atomic E-state index is 12.5. The van der Waals surface area contributed by atoms with Crippen LogP contribution in [0.5, 0.6) is 0 Å². The number of carbonyl (C=O) groups is 2. The van der Waals surface area contributed by atoms with Gasteiger partial charge in [0.2, 0.25) is 11.8 Å². The first-order valence-electron chi connectivity index (χ1n) is 8.96. The summed E-state index contributed by atoms with van der Waals surface area (Å²) >= 11 is 1.66. The molecule has 26 heavy (non-hydrogen) atoms. The van der Waals surface area contributed by atoms with Crippen LogP contribution in [0.15, 0.2) is 47.8 Å². The Morgan fingerprint density at radius 2 is 2.04 bits per heavy atom. The lowest BCUT2D eigenvalue weighted by atomic mass is 9.97. The molecule has 1 aliphatic rings. The predicted molar refractivity (Wildman–Crippen MR) is 105 cm³/mol. The minimum absolute atomic E-state index is 0.0419. The third-order valence-electron chi connectivity index (χ3n) is 4.68. The van der Waals surface area contributed by atoms with Crippen molar-refractivity contribution in [3.05, 3.63) is 52.7 Å². The van der Waals surface area contributed by atoms with Crippen molar-refractivity contribution in [2.75, 3.05) is 32.0 Å². The Morgan fingerprint density at radius 3 is 2.77 bits per heavy atom. The average Bonchev–Trinajstić information content (AvgIpc) is 3.15. The minimum Gasteiger partial charge on any atom is -0.340 e. The summed E-state index contributed by atoms with van der Waals surface area (Å²) in [4.78, 5) is 30.1. The van der Waals surface area contributed by atoms with Crippen molar-refractivity contribution in [3.8, 4) is 0 Å². The van der Waals surface area contributed by atoms with Crippen molar-refractivity contribution < 1.29 is 9.59 Å². The number of carbonyl (C=O) groups excluding carboxylic acids is 2. The molecule has 0 spiro atoms. The second-order valence-electron chi connectivity index (χ2n) is 6.76. The zero-order chi connectivity index (χ0) is 18.4. The molecule has 1 aliphatic heterocycles. The van der Waals surface area contributed by atoms with Crippen LogP contribution < -0.4 is 5.32 Å². The van der Waals surface area contributed by atoms with Gasteiger partial charge in [0.05, 0.1) is 19.0 Å². The van der Waals surface area contributed by atoms with E-state index in [1.165, 1.54) is 4.88 Å². The van der Waals surface area contributed by atoms with Crippen LogP contribution in [0.4, 0.5) is 5.69 Å². The fourth-order valence-corrected chi connectivity index (χ4v) is 3.97. The topological polar surface area (TPSA) is 52.7 Å². The van der Waals surface area contributed by atoms with Crippen LogP contribution in [0.3, 0.4) is 0 Å². The van der Waals surface area contributed by atoms with Gasteiger partial charge in [-0.1, -0.05) is 24.3 Å². The Hall–Kier alpha value is -2.18. The quantitative estimate of drug-likeness (QED) is 0.849. The number of thiophene rings is 1. The normalized spacial score (nSPS) is 17.7. The van der Waals surface area contributed by atoms with Gasteiger partial charge < -0.3 is 10.2 Å². The monoisotopic (exact) mass is 371 g/mol. The second-order valence-corrected chi connectivity index (χ2v) is 7.79. The number of rotatable bonds is 6. The fraction of sp³-hybridized carbons (Fsp3) is 0.400. The average molecular weight is 372 g/mol. The summed E-state index contributed by atoms with van der Waals surface area (Å²) in [5.41, 5.74) is 0.821. The zero-order valence-electron chi connectivity index (χ0n) is 15.1. The van der Waals surface area contributed by atoms with Crippen molar-refractivity contribution in [2.45, 2.75) is 19.4 Å². The van der Waals surface area contributed by atoms with Gasteiger partial charge in [-0.3, -0.25) is 14.5 Å². The van der Waals surface area contributed by atoms with E-state index in [1.54, 1.807) is 16.2 Å². The Kier molecular flexibility index (Phi) is 6.41. The van der Waals surface area contributed by atoms with Gasteiger partial charge in [-0.15, -0.1) is 11.3 Å². The molecule has 2 heterocycles. The van der Waals surface area contributed by atoms with Gasteiger partial charge in [0.25, 0.3) is 0 Å². The van der Waals surface area contributed by atoms with E-state index in [0.717, 1.165) is 25.1 Å². The Morgan fingerprint density at radius 1 is 1.23 bits per heavy atom. The molecule has 2 aromatic rings. The molecule has 5 nitrogen and oxygen atoms in total. The molecular weight excluding hydrogens is 346 g/mol. The molecule has 138 valence electrons. The molecule has 0 radical (unpaired) electrons. The van der Waals surface area contributed by atoms with Crippen LogP contribution >= 0.6 is 11.3 Å². The molecule has 1 atom stereocenters. The van der Waals surface area contributed by atoms with Crippen LogP contribution in [-0.4, -0.2) is 48.3 Å². The maximum Gasteiger partial charge on any atom is 0.236 e. The number of benzene rings is 1. The summed E-state index contributed by atoms with van der Waals surface area (Å²) in [6.45, 7) is 2.52. The van der Waals surface area contributed by atoms with E-state index in [1.807, 2.05) is 54.9 Å². The lowest BCUT2D eigenvalue weighted by molar-refractivity contribution is -0.133. The molecule has 1 saturated heterocycles. The smallest absolute Gasteiger partial charge is 0.236 e. The number of amides is 2. The maximum absolute atomic E-state index is 12.5. The Bertz CT molecular complexity index is 718. The lowest BCUT2D eigenvalue weighted by Gasteiger charge is -2.32. The number of nitrogens with one attached hydrogen (secondary N) is 1. The van der Waals surface area contributed by atoms with Crippen molar-refractivity contribution >= 4 is 28.8 Å². The van der Waals surface area contributed by atoms with Gasteiger partial charge in [-0.2, -0.15) is 0 Å². The Balaban J connectivity index is 1.49. The number of nitrogens with zero attached hydrogens (tertiary/aromatic N) is 2. The van der Waals surface area contributed by atoms with Crippen molar-refractivity contribution in [3.63, 3.8) is 0 Å². The molecule has 6 heteroatoms. The summed E-state index contributed by atoms with van der Waals surface area (Å²) in [5.74, 6) is 0.0714. The molecular formula is C20H25N3O2S. The summed E-state index contributed by atoms with van der Waals surface area (Å²) in [6.07, 6.45) is 1.81. The number of likely N-dealkylation sites (tertiary alicyclic amines) is 1. The third kappa shape index (κ3) is 5.16. The Labute approximate surface area is 158 Å². The summed E-state index contributed by atoms with van der Waals surface area (Å²) < 4.78 is 0. The van der Waals surface area contributed by atoms with Crippen LogP contribution in [0.1, 0.15) is 17.7 Å². The van der Waals surface area contributed by atoms with Gasteiger partial charge in [-0.05, 0) is 43.0 Å². The molecule has 1 fully saturated rings. The largest absolute Gasteiger partial charge is 0.340 e. The zero-order valence-corrected chi connectivity index (χ0v) is 15.9. The molecule has 0 saturated carbocycles. The number of hydrogen-bond acceptors (Lipinski definition) is 4. The van der Waals surface area contributed by atoms with Crippen molar-refractivity contribution in [1.29, 1.82) is 0 Å². The van der Waals surface area contributed by atoms with Crippen LogP contribution in [0, 0.1) is 5.92 Å². The second kappa shape index (κ2) is 8.96. The van der Waals surface area contributed by atoms with Crippen molar-refractivity contribution in [1.82, 2.24) is 9.80 Å². The van der Waals surface area contributed by atoms with E-state index >= 15 is 0 Å². The van der Waals surface area contributed by atoms with E-state index < -0.39 is 0 Å². The van der Waals surface area contributed by atoms with Gasteiger partial charge in [0.15, 0.2) is 0 Å². The third-order valence-corrected chi connectivity index (χ3v) is 5.54. The van der Waals surface area contributed by atoms with Crippen molar-refractivity contribution in [2.24, 2.45) is 5.92 Å². The summed E-state index contributed by atoms with van der Waals surface area (Å²) in [7, 11) is 1.84. The highest BCUT2D eigenvalue weighted by Crippen LogP contribution is 2.19. The molecule has 1 N–H and O–H groups in total. The molecule has 3 rings (SSSR count). The highest BCUT2D eigenvalue weighted by atomic mass is 32.1. The molecule has 0 bridgehead atoms. The molecule has 2 amide bonds. The van der Waals surface area contributed by atoms with Gasteiger partial charge in [0.1, 0.15) is 0 Å². The van der Waals surface area contributed by atoms with Crippen LogP contribution in [0.25, 0.3) is 0 Å². The molecule has 1 unspecified atom stereocenters. The highest BCUT2D eigenvalue weighted by molar-refractivity contribution is 7.09. The first-order valence-corrected chi connectivity index (χ1v) is 9.84. The van der Waals surface area contributed by atoms with Crippen LogP contribution in [-0.2, 0) is 16.1 Å². The van der Waals surface area contributed by atoms with Gasteiger partial charge in [-0.25, -0.2) is 0 Å². The number of anilines is 1. The van der Waals surface area contributed by atoms with E-state index in [2.05, 4.69) is 10.2 Å². The molecule has 1 aromatic carbocycles. The fourth-order valence-electron chi connectivity index (χ4n) is 3.22. The minimum atomic E-state index is -0.0700. The molecule has 0 aliphatic carbocycles. The number of likely N-dealkylation sites (N-methyl/N-ethyl adjacent to an activating group) is 1. The highest BCUT2D eigenvalue weighted by Gasteiger charge is 2.27. The predicted octanol–water partition coefficient (Wildman–Crippen LogP) is 3.06. The first-order chi connectivity index (χ1) is 12.6. The molecule has 1 aromatic heterocycles. The van der Waals surface area contributed by atoms with E-state index in [9.17, 15) is 9.59 Å². The summed E-state index contributed by atoms with van der Waals surface area (Å²) in [6, 6.07) is 13.6. The van der Waals surface area contributed by atoms with Gasteiger partial charge >= 0.3 is 0 Å². The first kappa shape index (κ1) is 18.6. The SMILES string of the molecule is CN(Cc1cccs1)C(=O)CN1CCCC(C(=O)Nc2ccccc2)C1. The number of piperidine rings is 1. The van der Waals surface area contributed by atoms with E-state index in [-0.39, 0.29) is 17.7 Å². The lowest BCUT2D eigenvalue weighted by Crippen LogP contribution is -2.45.